The van der Waals surface area contributed by atoms with Gasteiger partial charge in [0.15, 0.2) is 0 Å². The summed E-state index contributed by atoms with van der Waals surface area (Å²) in [5.41, 5.74) is 2.66. The van der Waals surface area contributed by atoms with Crippen molar-refractivity contribution >= 4 is 11.6 Å². The summed E-state index contributed by atoms with van der Waals surface area (Å²) in [7, 11) is 2.16. The van der Waals surface area contributed by atoms with Gasteiger partial charge >= 0.3 is 0 Å². The Hall–Kier alpha value is -2.54. The van der Waals surface area contributed by atoms with Crippen molar-refractivity contribution in [2.45, 2.75) is 6.54 Å². The molecule has 3 aromatic rings. The Kier molecular flexibility index (Phi) is 5.26. The first kappa shape index (κ1) is 18.8. The number of phenolic OH excluding ortho intramolecular Hbond substituents is 2. The van der Waals surface area contributed by atoms with Gasteiger partial charge in [0.2, 0.25) is 0 Å². The number of piperazine rings is 1. The van der Waals surface area contributed by atoms with Crippen LogP contribution >= 0.6 is 11.6 Å². The third-order valence-electron chi connectivity index (χ3n) is 5.14. The predicted molar refractivity (Wildman–Crippen MR) is 110 cm³/mol. The fourth-order valence-corrected chi connectivity index (χ4v) is 3.67. The maximum atomic E-state index is 10.3. The van der Waals surface area contributed by atoms with E-state index in [1.807, 2.05) is 22.9 Å². The van der Waals surface area contributed by atoms with Crippen molar-refractivity contribution in [2.75, 3.05) is 33.2 Å². The molecular weight excluding hydrogens is 376 g/mol. The standard InChI is InChI=1S/C21H23ClN4O2/c1-24-7-9-25(10-8-24)14-15-3-2-4-16(11-15)26-6-5-23-21(26)17-12-18(22)20(28)13-19(17)27/h2-6,11-13,27-28H,7-10,14H2,1H3. The molecule has 0 radical (unpaired) electrons. The van der Waals surface area contributed by atoms with Crippen molar-refractivity contribution in [1.82, 2.24) is 19.4 Å². The van der Waals surface area contributed by atoms with Crippen molar-refractivity contribution < 1.29 is 10.2 Å². The molecule has 2 heterocycles. The maximum absolute atomic E-state index is 10.3. The highest BCUT2D eigenvalue weighted by molar-refractivity contribution is 6.32. The van der Waals surface area contributed by atoms with Crippen LogP contribution in [0.4, 0.5) is 0 Å². The summed E-state index contributed by atoms with van der Waals surface area (Å²) in [5, 5.41) is 20.1. The third kappa shape index (κ3) is 3.85. The lowest BCUT2D eigenvalue weighted by molar-refractivity contribution is 0.148. The van der Waals surface area contributed by atoms with Crippen molar-refractivity contribution in [3.8, 4) is 28.6 Å². The van der Waals surface area contributed by atoms with Crippen LogP contribution in [0.1, 0.15) is 5.56 Å². The van der Waals surface area contributed by atoms with E-state index < -0.39 is 0 Å². The van der Waals surface area contributed by atoms with Crippen LogP contribution < -0.4 is 0 Å². The summed E-state index contributed by atoms with van der Waals surface area (Å²) in [6.07, 6.45) is 3.53. The molecule has 1 aliphatic heterocycles. The number of likely N-dealkylation sites (N-methyl/N-ethyl adjacent to an activating group) is 1. The van der Waals surface area contributed by atoms with Crippen LogP contribution in [0.3, 0.4) is 0 Å². The van der Waals surface area contributed by atoms with Gasteiger partial charge in [-0.05, 0) is 30.8 Å². The zero-order chi connectivity index (χ0) is 19.7. The first-order chi connectivity index (χ1) is 13.5. The van der Waals surface area contributed by atoms with E-state index in [0.29, 0.717) is 11.4 Å². The number of phenols is 2. The largest absolute Gasteiger partial charge is 0.507 e. The van der Waals surface area contributed by atoms with Gasteiger partial charge in [-0.15, -0.1) is 0 Å². The molecule has 4 rings (SSSR count). The molecule has 0 unspecified atom stereocenters. The lowest BCUT2D eigenvalue weighted by Crippen LogP contribution is -2.43. The van der Waals surface area contributed by atoms with Gasteiger partial charge in [0.25, 0.3) is 0 Å². The van der Waals surface area contributed by atoms with E-state index in [9.17, 15) is 10.2 Å². The number of hydrogen-bond acceptors (Lipinski definition) is 5. The Morgan fingerprint density at radius 2 is 1.82 bits per heavy atom. The predicted octanol–water partition coefficient (Wildman–Crippen LogP) is 3.35. The number of aromatic nitrogens is 2. The Bertz CT molecular complexity index is 980. The Morgan fingerprint density at radius 1 is 1.04 bits per heavy atom. The summed E-state index contributed by atoms with van der Waals surface area (Å²) in [6, 6.07) is 11.1. The normalized spacial score (nSPS) is 15.8. The van der Waals surface area contributed by atoms with E-state index in [0.717, 1.165) is 38.4 Å². The van der Waals surface area contributed by atoms with Gasteiger partial charge in [0.05, 0.1) is 10.6 Å². The summed E-state index contributed by atoms with van der Waals surface area (Å²) < 4.78 is 1.91. The van der Waals surface area contributed by atoms with Gasteiger partial charge in [-0.3, -0.25) is 9.47 Å². The molecule has 0 atom stereocenters. The fraction of sp³-hybridized carbons (Fsp3) is 0.286. The Balaban J connectivity index is 1.63. The van der Waals surface area contributed by atoms with Crippen LogP contribution in [0.15, 0.2) is 48.8 Å². The van der Waals surface area contributed by atoms with Gasteiger partial charge in [-0.2, -0.15) is 0 Å². The number of imidazole rings is 1. The number of benzene rings is 2. The zero-order valence-electron chi connectivity index (χ0n) is 15.7. The molecule has 2 N–H and O–H groups in total. The van der Waals surface area contributed by atoms with Crippen LogP contribution in [-0.2, 0) is 6.54 Å². The minimum absolute atomic E-state index is 0.0667. The molecule has 146 valence electrons. The van der Waals surface area contributed by atoms with Crippen molar-refractivity contribution in [1.29, 1.82) is 0 Å². The topological polar surface area (TPSA) is 64.8 Å². The fourth-order valence-electron chi connectivity index (χ4n) is 3.51. The van der Waals surface area contributed by atoms with Gasteiger partial charge in [-0.25, -0.2) is 4.98 Å². The first-order valence-electron chi connectivity index (χ1n) is 9.26. The number of nitrogens with zero attached hydrogens (tertiary/aromatic N) is 4. The highest BCUT2D eigenvalue weighted by Crippen LogP contribution is 2.37. The molecule has 0 aliphatic carbocycles. The molecule has 0 amide bonds. The van der Waals surface area contributed by atoms with Crippen LogP contribution in [0, 0.1) is 0 Å². The molecule has 1 aliphatic rings. The minimum atomic E-state index is -0.157. The van der Waals surface area contributed by atoms with E-state index in [2.05, 4.69) is 34.0 Å². The summed E-state index contributed by atoms with van der Waals surface area (Å²) in [5.74, 6) is 0.342. The molecule has 1 aromatic heterocycles. The monoisotopic (exact) mass is 398 g/mol. The second-order valence-corrected chi connectivity index (χ2v) is 7.60. The second kappa shape index (κ2) is 7.83. The van der Waals surface area contributed by atoms with Gasteiger partial charge in [-0.1, -0.05) is 23.7 Å². The highest BCUT2D eigenvalue weighted by atomic mass is 35.5. The molecule has 0 saturated carbocycles. The summed E-state index contributed by atoms with van der Waals surface area (Å²) >= 11 is 6.04. The summed E-state index contributed by atoms with van der Waals surface area (Å²) in [4.78, 5) is 9.20. The molecule has 1 fully saturated rings. The van der Waals surface area contributed by atoms with E-state index in [1.54, 1.807) is 6.20 Å². The SMILES string of the molecule is CN1CCN(Cc2cccc(-n3ccnc3-c3cc(Cl)c(O)cc3O)c2)CC1. The van der Waals surface area contributed by atoms with Crippen LogP contribution in [0.5, 0.6) is 11.5 Å². The van der Waals surface area contributed by atoms with Crippen LogP contribution in [0.25, 0.3) is 17.1 Å². The van der Waals surface area contributed by atoms with Crippen molar-refractivity contribution in [2.24, 2.45) is 0 Å². The summed E-state index contributed by atoms with van der Waals surface area (Å²) in [6.45, 7) is 5.22. The maximum Gasteiger partial charge on any atom is 0.148 e. The molecular formula is C21H23ClN4O2. The number of halogens is 1. The second-order valence-electron chi connectivity index (χ2n) is 7.19. The lowest BCUT2D eigenvalue weighted by atomic mass is 10.1. The first-order valence-corrected chi connectivity index (χ1v) is 9.64. The molecule has 28 heavy (non-hydrogen) atoms. The average Bonchev–Trinajstić information content (AvgIpc) is 3.16. The zero-order valence-corrected chi connectivity index (χ0v) is 16.5. The van der Waals surface area contributed by atoms with E-state index >= 15 is 0 Å². The van der Waals surface area contributed by atoms with E-state index in [-0.39, 0.29) is 16.5 Å². The average molecular weight is 399 g/mol. The minimum Gasteiger partial charge on any atom is -0.507 e. The molecule has 0 spiro atoms. The van der Waals surface area contributed by atoms with E-state index in [4.69, 9.17) is 11.6 Å². The van der Waals surface area contributed by atoms with Gasteiger partial charge in [0, 0.05) is 56.9 Å². The number of aromatic hydroxyl groups is 2. The highest BCUT2D eigenvalue weighted by Gasteiger charge is 2.17. The molecule has 1 saturated heterocycles. The van der Waals surface area contributed by atoms with Gasteiger partial charge < -0.3 is 15.1 Å². The number of hydrogen-bond donors (Lipinski definition) is 2. The third-order valence-corrected chi connectivity index (χ3v) is 5.44. The Morgan fingerprint density at radius 3 is 2.61 bits per heavy atom. The Labute approximate surface area is 169 Å². The lowest BCUT2D eigenvalue weighted by Gasteiger charge is -2.32. The quantitative estimate of drug-likeness (QED) is 0.705. The van der Waals surface area contributed by atoms with E-state index in [1.165, 1.54) is 17.7 Å². The van der Waals surface area contributed by atoms with Crippen LogP contribution in [-0.4, -0.2) is 62.8 Å². The smallest absolute Gasteiger partial charge is 0.148 e. The number of rotatable bonds is 4. The molecule has 7 heteroatoms. The molecule has 0 bridgehead atoms. The van der Waals surface area contributed by atoms with Crippen molar-refractivity contribution in [3.63, 3.8) is 0 Å². The molecule has 6 nitrogen and oxygen atoms in total. The molecule has 2 aromatic carbocycles. The van der Waals surface area contributed by atoms with Gasteiger partial charge in [0.1, 0.15) is 17.3 Å². The van der Waals surface area contributed by atoms with Crippen molar-refractivity contribution in [3.05, 3.63) is 59.4 Å². The van der Waals surface area contributed by atoms with Crippen LogP contribution in [0.2, 0.25) is 5.02 Å².